The van der Waals surface area contributed by atoms with E-state index in [0.29, 0.717) is 23.8 Å². The van der Waals surface area contributed by atoms with Gasteiger partial charge in [-0.1, -0.05) is 54.4 Å². The van der Waals surface area contributed by atoms with Crippen LogP contribution in [-0.2, 0) is 0 Å². The van der Waals surface area contributed by atoms with E-state index in [9.17, 15) is 4.79 Å². The first-order valence-electron chi connectivity index (χ1n) is 10.3. The fraction of sp³-hybridized carbons (Fsp3) is 0.348. The number of carbonyl (C=O) groups is 1. The van der Waals surface area contributed by atoms with Crippen LogP contribution in [0.15, 0.2) is 59.1 Å². The van der Waals surface area contributed by atoms with Gasteiger partial charge in [-0.25, -0.2) is 0 Å². The molecule has 0 atom stereocenters. The number of likely N-dealkylation sites (tertiary alicyclic amines) is 1. The molecular formula is C23H26N4O2. The van der Waals surface area contributed by atoms with Gasteiger partial charge in [0, 0.05) is 29.8 Å². The van der Waals surface area contributed by atoms with Crippen LogP contribution in [-0.4, -0.2) is 47.1 Å². The van der Waals surface area contributed by atoms with Crippen molar-refractivity contribution in [1.29, 1.82) is 0 Å². The van der Waals surface area contributed by atoms with E-state index in [1.807, 2.05) is 42.5 Å². The van der Waals surface area contributed by atoms with Gasteiger partial charge in [0.25, 0.3) is 11.8 Å². The van der Waals surface area contributed by atoms with Crippen LogP contribution in [0.4, 0.5) is 0 Å². The van der Waals surface area contributed by atoms with Gasteiger partial charge in [-0.2, -0.15) is 4.98 Å². The van der Waals surface area contributed by atoms with Crippen molar-refractivity contribution in [3.63, 3.8) is 0 Å². The zero-order valence-corrected chi connectivity index (χ0v) is 16.5. The van der Waals surface area contributed by atoms with E-state index in [4.69, 9.17) is 4.52 Å². The minimum atomic E-state index is -0.0792. The Balaban J connectivity index is 1.38. The van der Waals surface area contributed by atoms with Crippen molar-refractivity contribution in [3.05, 3.63) is 60.2 Å². The summed E-state index contributed by atoms with van der Waals surface area (Å²) < 4.78 is 5.41. The van der Waals surface area contributed by atoms with Crippen LogP contribution in [0.1, 0.15) is 36.0 Å². The molecule has 2 aromatic carbocycles. The maximum atomic E-state index is 12.6. The summed E-state index contributed by atoms with van der Waals surface area (Å²) in [5.41, 5.74) is 2.22. The fourth-order valence-electron chi connectivity index (χ4n) is 3.63. The summed E-state index contributed by atoms with van der Waals surface area (Å²) in [6.07, 6.45) is 5.14. The molecule has 0 aliphatic carbocycles. The quantitative estimate of drug-likeness (QED) is 0.689. The van der Waals surface area contributed by atoms with Gasteiger partial charge in [-0.3, -0.25) is 4.79 Å². The van der Waals surface area contributed by atoms with Gasteiger partial charge in [-0.05, 0) is 44.1 Å². The molecule has 1 aromatic heterocycles. The smallest absolute Gasteiger partial charge is 0.258 e. The molecule has 0 radical (unpaired) electrons. The van der Waals surface area contributed by atoms with E-state index in [-0.39, 0.29) is 5.91 Å². The van der Waals surface area contributed by atoms with E-state index in [1.54, 1.807) is 12.1 Å². The molecule has 0 spiro atoms. The fourth-order valence-corrected chi connectivity index (χ4v) is 3.63. The van der Waals surface area contributed by atoms with Crippen LogP contribution in [0.25, 0.3) is 22.8 Å². The molecule has 4 rings (SSSR count). The van der Waals surface area contributed by atoms with Gasteiger partial charge in [-0.15, -0.1) is 0 Å². The van der Waals surface area contributed by atoms with Crippen LogP contribution in [0.3, 0.4) is 0 Å². The minimum absolute atomic E-state index is 0.0792. The first-order valence-corrected chi connectivity index (χ1v) is 10.3. The van der Waals surface area contributed by atoms with E-state index in [2.05, 4.69) is 20.4 Å². The molecule has 1 aliphatic rings. The first kappa shape index (κ1) is 19.3. The predicted octanol–water partition coefficient (Wildman–Crippen LogP) is 4.01. The van der Waals surface area contributed by atoms with Gasteiger partial charge >= 0.3 is 0 Å². The molecule has 1 N–H and O–H groups in total. The van der Waals surface area contributed by atoms with Gasteiger partial charge in [0.05, 0.1) is 0 Å². The molecule has 6 heteroatoms. The minimum Gasteiger partial charge on any atom is -0.351 e. The second-order valence-corrected chi connectivity index (χ2v) is 7.38. The SMILES string of the molecule is O=C(NCCN1CCCCCC1)c1cccc(-c2nc(-c3ccccc3)no2)c1. The molecule has 150 valence electrons. The van der Waals surface area contributed by atoms with E-state index in [1.165, 1.54) is 25.7 Å². The summed E-state index contributed by atoms with van der Waals surface area (Å²) in [4.78, 5) is 19.5. The van der Waals surface area contributed by atoms with Crippen molar-refractivity contribution in [2.75, 3.05) is 26.2 Å². The average Bonchev–Trinajstić information content (AvgIpc) is 3.13. The Bertz CT molecular complexity index is 931. The third kappa shape index (κ3) is 5.09. The number of aromatic nitrogens is 2. The molecule has 2 heterocycles. The van der Waals surface area contributed by atoms with Gasteiger partial charge in [0.2, 0.25) is 5.82 Å². The van der Waals surface area contributed by atoms with Crippen molar-refractivity contribution in [2.24, 2.45) is 0 Å². The van der Waals surface area contributed by atoms with Crippen LogP contribution in [0.2, 0.25) is 0 Å². The maximum Gasteiger partial charge on any atom is 0.258 e. The number of benzene rings is 2. The van der Waals surface area contributed by atoms with Gasteiger partial charge in [0.1, 0.15) is 0 Å². The van der Waals surface area contributed by atoms with Crippen molar-refractivity contribution in [1.82, 2.24) is 20.4 Å². The Labute approximate surface area is 170 Å². The van der Waals surface area contributed by atoms with Gasteiger partial charge < -0.3 is 14.7 Å². The zero-order chi connectivity index (χ0) is 19.9. The van der Waals surface area contributed by atoms with Crippen LogP contribution in [0.5, 0.6) is 0 Å². The molecule has 1 amide bonds. The summed E-state index contributed by atoms with van der Waals surface area (Å²) in [5.74, 6) is 0.862. The third-order valence-electron chi connectivity index (χ3n) is 5.24. The molecule has 1 saturated heterocycles. The number of carbonyl (C=O) groups excluding carboxylic acids is 1. The summed E-state index contributed by atoms with van der Waals surface area (Å²) in [6.45, 7) is 3.82. The van der Waals surface area contributed by atoms with E-state index >= 15 is 0 Å². The van der Waals surface area contributed by atoms with Crippen molar-refractivity contribution in [3.8, 4) is 22.8 Å². The Morgan fingerprint density at radius 3 is 2.52 bits per heavy atom. The van der Waals surface area contributed by atoms with E-state index < -0.39 is 0 Å². The topological polar surface area (TPSA) is 71.3 Å². The highest BCUT2D eigenvalue weighted by Crippen LogP contribution is 2.22. The normalized spacial score (nSPS) is 15.0. The number of hydrogen-bond acceptors (Lipinski definition) is 5. The summed E-state index contributed by atoms with van der Waals surface area (Å²) in [7, 11) is 0. The zero-order valence-electron chi connectivity index (χ0n) is 16.5. The van der Waals surface area contributed by atoms with Crippen LogP contribution >= 0.6 is 0 Å². The molecule has 6 nitrogen and oxygen atoms in total. The molecule has 0 unspecified atom stereocenters. The number of nitrogens with zero attached hydrogens (tertiary/aromatic N) is 3. The molecule has 0 saturated carbocycles. The van der Waals surface area contributed by atoms with Crippen molar-refractivity contribution < 1.29 is 9.32 Å². The highest BCUT2D eigenvalue weighted by atomic mass is 16.5. The van der Waals surface area contributed by atoms with E-state index in [0.717, 1.165) is 30.8 Å². The average molecular weight is 390 g/mol. The standard InChI is InChI=1S/C23H26N4O2/c28-22(24-13-16-27-14-6-1-2-7-15-27)19-11-8-12-20(17-19)23-25-21(26-29-23)18-9-4-3-5-10-18/h3-5,8-12,17H,1-2,6-7,13-16H2,(H,24,28). The number of amides is 1. The molecule has 1 aliphatic heterocycles. The highest BCUT2D eigenvalue weighted by Gasteiger charge is 2.14. The Morgan fingerprint density at radius 2 is 1.72 bits per heavy atom. The largest absolute Gasteiger partial charge is 0.351 e. The van der Waals surface area contributed by atoms with Gasteiger partial charge in [0.15, 0.2) is 0 Å². The Kier molecular flexibility index (Phi) is 6.32. The van der Waals surface area contributed by atoms with Crippen LogP contribution < -0.4 is 5.32 Å². The maximum absolute atomic E-state index is 12.6. The lowest BCUT2D eigenvalue weighted by Gasteiger charge is -2.19. The van der Waals surface area contributed by atoms with Crippen molar-refractivity contribution in [2.45, 2.75) is 25.7 Å². The lowest BCUT2D eigenvalue weighted by atomic mass is 10.1. The second kappa shape index (κ2) is 9.47. The molecule has 1 fully saturated rings. The summed E-state index contributed by atoms with van der Waals surface area (Å²) in [5, 5.41) is 7.08. The lowest BCUT2D eigenvalue weighted by Crippen LogP contribution is -2.35. The summed E-state index contributed by atoms with van der Waals surface area (Å²) in [6, 6.07) is 17.0. The van der Waals surface area contributed by atoms with Crippen molar-refractivity contribution >= 4 is 5.91 Å². The number of hydrogen-bond donors (Lipinski definition) is 1. The molecule has 3 aromatic rings. The molecular weight excluding hydrogens is 364 g/mol. The Hall–Kier alpha value is -2.99. The predicted molar refractivity (Wildman–Crippen MR) is 112 cm³/mol. The summed E-state index contributed by atoms with van der Waals surface area (Å²) >= 11 is 0. The molecule has 0 bridgehead atoms. The second-order valence-electron chi connectivity index (χ2n) is 7.38. The first-order chi connectivity index (χ1) is 14.3. The monoisotopic (exact) mass is 390 g/mol. The Morgan fingerprint density at radius 1 is 0.966 bits per heavy atom. The molecule has 29 heavy (non-hydrogen) atoms. The number of rotatable bonds is 6. The highest BCUT2D eigenvalue weighted by molar-refractivity contribution is 5.95. The number of nitrogens with one attached hydrogen (secondary N) is 1. The third-order valence-corrected chi connectivity index (χ3v) is 5.24. The lowest BCUT2D eigenvalue weighted by molar-refractivity contribution is 0.0948. The van der Waals surface area contributed by atoms with Crippen LogP contribution in [0, 0.1) is 0 Å².